The number of carbonyl (C=O) groups is 1. The molecule has 4 nitrogen and oxygen atoms in total. The van der Waals surface area contributed by atoms with Gasteiger partial charge in [-0.05, 0) is 31.4 Å². The molecule has 1 aliphatic rings. The summed E-state index contributed by atoms with van der Waals surface area (Å²) in [6.45, 7) is 0.762. The van der Waals surface area contributed by atoms with Crippen LogP contribution in [0.25, 0.3) is 20.8 Å². The van der Waals surface area contributed by atoms with Crippen molar-refractivity contribution in [3.8, 4) is 10.6 Å². The van der Waals surface area contributed by atoms with Gasteiger partial charge in [-0.1, -0.05) is 42.5 Å². The molecule has 28 heavy (non-hydrogen) atoms. The first kappa shape index (κ1) is 17.5. The van der Waals surface area contributed by atoms with Gasteiger partial charge in [-0.25, -0.2) is 9.97 Å². The highest BCUT2D eigenvalue weighted by Crippen LogP contribution is 2.36. The van der Waals surface area contributed by atoms with E-state index in [2.05, 4.69) is 11.1 Å². The van der Waals surface area contributed by atoms with Crippen molar-refractivity contribution >= 4 is 38.8 Å². The van der Waals surface area contributed by atoms with Gasteiger partial charge in [0.15, 0.2) is 0 Å². The Balaban J connectivity index is 1.45. The Hall–Kier alpha value is -2.57. The lowest BCUT2D eigenvalue weighted by molar-refractivity contribution is 0.0606. The second-order valence-corrected chi connectivity index (χ2v) is 8.85. The molecule has 1 aliphatic heterocycles. The van der Waals surface area contributed by atoms with Crippen molar-refractivity contribution in [1.29, 1.82) is 0 Å². The molecule has 6 heteroatoms. The minimum Gasteiger partial charge on any atom is -0.328 e. The second kappa shape index (κ2) is 7.45. The van der Waals surface area contributed by atoms with Crippen molar-refractivity contribution in [1.82, 2.24) is 14.9 Å². The Kier molecular flexibility index (Phi) is 4.66. The molecule has 3 heterocycles. The van der Waals surface area contributed by atoms with Crippen LogP contribution in [-0.2, 0) is 0 Å². The van der Waals surface area contributed by atoms with E-state index in [1.807, 2.05) is 58.8 Å². The van der Waals surface area contributed by atoms with Crippen molar-refractivity contribution in [3.63, 3.8) is 0 Å². The minimum atomic E-state index is 0.0161. The van der Waals surface area contributed by atoms with Gasteiger partial charge in [-0.2, -0.15) is 0 Å². The van der Waals surface area contributed by atoms with Gasteiger partial charge in [-0.15, -0.1) is 22.7 Å². The van der Waals surface area contributed by atoms with Gasteiger partial charge in [0.05, 0.1) is 16.3 Å². The van der Waals surface area contributed by atoms with E-state index in [0.717, 1.165) is 46.9 Å². The Bertz CT molecular complexity index is 1090. The molecule has 4 aromatic rings. The van der Waals surface area contributed by atoms with Crippen molar-refractivity contribution in [2.75, 3.05) is 6.54 Å². The van der Waals surface area contributed by atoms with Crippen LogP contribution in [0, 0.1) is 0 Å². The number of hydrogen-bond donors (Lipinski definition) is 0. The van der Waals surface area contributed by atoms with E-state index in [1.165, 1.54) is 16.0 Å². The summed E-state index contributed by atoms with van der Waals surface area (Å²) >= 11 is 3.22. The average molecular weight is 406 g/mol. The highest BCUT2D eigenvalue weighted by molar-refractivity contribution is 7.18. The minimum absolute atomic E-state index is 0.0161. The average Bonchev–Trinajstić information content (AvgIpc) is 3.41. The summed E-state index contributed by atoms with van der Waals surface area (Å²) in [4.78, 5) is 24.7. The molecule has 1 amide bonds. The first-order valence-corrected chi connectivity index (χ1v) is 11.2. The van der Waals surface area contributed by atoms with Crippen LogP contribution in [0.3, 0.4) is 0 Å². The van der Waals surface area contributed by atoms with Crippen LogP contribution >= 0.6 is 22.7 Å². The highest BCUT2D eigenvalue weighted by Gasteiger charge is 2.32. The molecule has 0 saturated carbocycles. The van der Waals surface area contributed by atoms with E-state index in [-0.39, 0.29) is 11.9 Å². The first-order valence-electron chi connectivity index (χ1n) is 9.47. The zero-order valence-electron chi connectivity index (χ0n) is 15.2. The number of piperidine rings is 1. The summed E-state index contributed by atoms with van der Waals surface area (Å²) in [5.41, 5.74) is 2.60. The molecule has 0 aliphatic carbocycles. The smallest absolute Gasteiger partial charge is 0.273 e. The van der Waals surface area contributed by atoms with Gasteiger partial charge in [-0.3, -0.25) is 4.79 Å². The second-order valence-electron chi connectivity index (χ2n) is 6.93. The molecule has 140 valence electrons. The van der Waals surface area contributed by atoms with Crippen molar-refractivity contribution in [2.24, 2.45) is 0 Å². The Labute approximate surface area is 171 Å². The maximum absolute atomic E-state index is 13.3. The topological polar surface area (TPSA) is 46.1 Å². The predicted molar refractivity (Wildman–Crippen MR) is 115 cm³/mol. The molecule has 2 aromatic heterocycles. The number of fused-ring (bicyclic) bond motifs is 1. The number of nitrogens with zero attached hydrogens (tertiary/aromatic N) is 3. The molecular weight excluding hydrogens is 386 g/mol. The Morgan fingerprint density at radius 1 is 1.00 bits per heavy atom. The van der Waals surface area contributed by atoms with Crippen molar-refractivity contribution in [3.05, 3.63) is 70.7 Å². The van der Waals surface area contributed by atoms with E-state index < -0.39 is 0 Å². The first-order chi connectivity index (χ1) is 13.8. The molecule has 0 bridgehead atoms. The molecule has 1 atom stereocenters. The summed E-state index contributed by atoms with van der Waals surface area (Å²) in [6.07, 6.45) is 3.11. The van der Waals surface area contributed by atoms with Gasteiger partial charge >= 0.3 is 0 Å². The van der Waals surface area contributed by atoms with Gasteiger partial charge in [0.1, 0.15) is 15.7 Å². The number of thiazole rings is 2. The predicted octanol–water partition coefficient (Wildman–Crippen LogP) is 5.79. The number of likely N-dealkylation sites (tertiary alicyclic amines) is 1. The fraction of sp³-hybridized carbons (Fsp3) is 0.227. The number of rotatable bonds is 3. The standard InChI is InChI=1S/C22H19N3OS2/c26-22(17-14-27-20(24-17)15-8-2-1-3-9-15)25-13-7-6-11-18(25)21-23-16-10-4-5-12-19(16)28-21/h1-5,8-10,12,14,18H,6-7,11,13H2/t18-/m1/s1. The van der Waals surface area contributed by atoms with E-state index >= 15 is 0 Å². The van der Waals surface area contributed by atoms with Crippen LogP contribution in [0.2, 0.25) is 0 Å². The molecule has 0 spiro atoms. The summed E-state index contributed by atoms with van der Waals surface area (Å²) in [5.74, 6) is 0.0161. The largest absolute Gasteiger partial charge is 0.328 e. The Morgan fingerprint density at radius 2 is 1.82 bits per heavy atom. The summed E-state index contributed by atoms with van der Waals surface area (Å²) < 4.78 is 1.18. The molecule has 2 aromatic carbocycles. The third-order valence-electron chi connectivity index (χ3n) is 5.10. The SMILES string of the molecule is O=C(c1csc(-c2ccccc2)n1)N1CCCC[C@@H]1c1nc2ccccc2s1. The number of hydrogen-bond acceptors (Lipinski definition) is 5. The van der Waals surface area contributed by atoms with Crippen LogP contribution in [0.1, 0.15) is 40.8 Å². The summed E-state index contributed by atoms with van der Waals surface area (Å²) in [5, 5.41) is 3.81. The highest BCUT2D eigenvalue weighted by atomic mass is 32.1. The lowest BCUT2D eigenvalue weighted by atomic mass is 10.0. The van der Waals surface area contributed by atoms with E-state index in [0.29, 0.717) is 5.69 Å². The molecule has 0 N–H and O–H groups in total. The summed E-state index contributed by atoms with van der Waals surface area (Å²) in [6, 6.07) is 18.2. The van der Waals surface area contributed by atoms with Gasteiger partial charge in [0.25, 0.3) is 5.91 Å². The van der Waals surface area contributed by atoms with Crippen LogP contribution in [0.5, 0.6) is 0 Å². The maximum Gasteiger partial charge on any atom is 0.273 e. The zero-order valence-corrected chi connectivity index (χ0v) is 16.9. The fourth-order valence-corrected chi connectivity index (χ4v) is 5.61. The number of para-hydroxylation sites is 1. The lowest BCUT2D eigenvalue weighted by Crippen LogP contribution is -2.38. The fourth-order valence-electron chi connectivity index (χ4n) is 3.70. The van der Waals surface area contributed by atoms with E-state index in [1.54, 1.807) is 11.3 Å². The summed E-state index contributed by atoms with van der Waals surface area (Å²) in [7, 11) is 0. The van der Waals surface area contributed by atoms with Gasteiger partial charge in [0, 0.05) is 17.5 Å². The normalized spacial score (nSPS) is 17.1. The third-order valence-corrected chi connectivity index (χ3v) is 7.13. The molecule has 5 rings (SSSR count). The van der Waals surface area contributed by atoms with E-state index in [4.69, 9.17) is 4.98 Å². The number of aromatic nitrogens is 2. The van der Waals surface area contributed by atoms with Gasteiger partial charge < -0.3 is 4.90 Å². The molecule has 1 saturated heterocycles. The molecule has 0 unspecified atom stereocenters. The monoisotopic (exact) mass is 405 g/mol. The van der Waals surface area contributed by atoms with Crippen LogP contribution in [-0.4, -0.2) is 27.3 Å². The van der Waals surface area contributed by atoms with Crippen LogP contribution < -0.4 is 0 Å². The maximum atomic E-state index is 13.3. The number of amides is 1. The van der Waals surface area contributed by atoms with Crippen molar-refractivity contribution < 1.29 is 4.79 Å². The number of benzene rings is 2. The molecular formula is C22H19N3OS2. The van der Waals surface area contributed by atoms with Crippen molar-refractivity contribution in [2.45, 2.75) is 25.3 Å². The number of carbonyl (C=O) groups excluding carboxylic acids is 1. The Morgan fingerprint density at radius 3 is 2.68 bits per heavy atom. The van der Waals surface area contributed by atoms with Crippen LogP contribution in [0.15, 0.2) is 60.0 Å². The van der Waals surface area contributed by atoms with Gasteiger partial charge in [0.2, 0.25) is 0 Å². The van der Waals surface area contributed by atoms with E-state index in [9.17, 15) is 4.79 Å². The third kappa shape index (κ3) is 3.23. The van der Waals surface area contributed by atoms with Crippen LogP contribution in [0.4, 0.5) is 0 Å². The quantitative estimate of drug-likeness (QED) is 0.433. The molecule has 0 radical (unpaired) electrons. The molecule has 1 fully saturated rings. The zero-order chi connectivity index (χ0) is 18.9. The lowest BCUT2D eigenvalue weighted by Gasteiger charge is -2.34.